The van der Waals surface area contributed by atoms with Gasteiger partial charge in [0.05, 0.1) is 16.5 Å². The van der Waals surface area contributed by atoms with Crippen molar-refractivity contribution in [1.82, 2.24) is 0 Å². The van der Waals surface area contributed by atoms with Crippen molar-refractivity contribution in [3.8, 4) is 33.4 Å². The zero-order valence-electron chi connectivity index (χ0n) is 33.4. The highest BCUT2D eigenvalue weighted by Gasteiger charge is 2.46. The molecule has 12 rings (SSSR count). The fourth-order valence-electron chi connectivity index (χ4n) is 10.1. The van der Waals surface area contributed by atoms with Crippen LogP contribution in [0.15, 0.2) is 241 Å². The molecule has 10 aromatic carbocycles. The normalized spacial score (nSPS) is 12.7. The average molecular weight is 778 g/mol. The number of anilines is 3. The van der Waals surface area contributed by atoms with Gasteiger partial charge >= 0.3 is 0 Å². The number of fused-ring (bicyclic) bond motifs is 8. The highest BCUT2D eigenvalue weighted by molar-refractivity contribution is 6.25. The Morgan fingerprint density at radius 2 is 0.885 bits per heavy atom. The second kappa shape index (κ2) is 14.1. The van der Waals surface area contributed by atoms with Crippen LogP contribution in [0, 0.1) is 0 Å². The summed E-state index contributed by atoms with van der Waals surface area (Å²) in [6.45, 7) is 0. The van der Waals surface area contributed by atoms with Gasteiger partial charge in [0.2, 0.25) is 0 Å². The molecule has 0 aliphatic heterocycles. The highest BCUT2D eigenvalue weighted by Crippen LogP contribution is 2.57. The molecule has 0 atom stereocenters. The van der Waals surface area contributed by atoms with Crippen molar-refractivity contribution in [3.05, 3.63) is 259 Å². The van der Waals surface area contributed by atoms with Crippen molar-refractivity contribution < 1.29 is 4.42 Å². The second-order valence-electron chi connectivity index (χ2n) is 16.0. The highest BCUT2D eigenvalue weighted by atomic mass is 16.3. The molecule has 0 amide bonds. The van der Waals surface area contributed by atoms with Crippen LogP contribution in [-0.4, -0.2) is 0 Å². The number of hydrogen-bond donors (Lipinski definition) is 0. The third-order valence-corrected chi connectivity index (χ3v) is 12.7. The van der Waals surface area contributed by atoms with E-state index in [1.807, 2.05) is 0 Å². The second-order valence-corrected chi connectivity index (χ2v) is 16.0. The Kier molecular flexibility index (Phi) is 8.11. The molecule has 1 aromatic heterocycles. The van der Waals surface area contributed by atoms with Crippen LogP contribution in [-0.2, 0) is 5.41 Å². The minimum atomic E-state index is -0.536. The lowest BCUT2D eigenvalue weighted by Crippen LogP contribution is -2.28. The third-order valence-electron chi connectivity index (χ3n) is 12.7. The maximum absolute atomic E-state index is 6.90. The summed E-state index contributed by atoms with van der Waals surface area (Å²) in [5.74, 6) is 0. The van der Waals surface area contributed by atoms with Gasteiger partial charge in [0.1, 0.15) is 11.2 Å². The van der Waals surface area contributed by atoms with Crippen molar-refractivity contribution in [2.24, 2.45) is 0 Å². The molecule has 1 aliphatic rings. The molecule has 0 saturated carbocycles. The van der Waals surface area contributed by atoms with Crippen molar-refractivity contribution in [3.63, 3.8) is 0 Å². The van der Waals surface area contributed by atoms with Gasteiger partial charge in [-0.25, -0.2) is 0 Å². The third kappa shape index (κ3) is 5.43. The van der Waals surface area contributed by atoms with Gasteiger partial charge < -0.3 is 9.32 Å². The van der Waals surface area contributed by atoms with Gasteiger partial charge in [-0.1, -0.05) is 194 Å². The summed E-state index contributed by atoms with van der Waals surface area (Å²) in [6.07, 6.45) is 0. The van der Waals surface area contributed by atoms with E-state index >= 15 is 0 Å². The Labute approximate surface area is 355 Å². The Morgan fingerprint density at radius 3 is 1.59 bits per heavy atom. The lowest BCUT2D eigenvalue weighted by Gasteiger charge is -2.35. The predicted octanol–water partition coefficient (Wildman–Crippen LogP) is 15.9. The van der Waals surface area contributed by atoms with Crippen LogP contribution in [0.4, 0.5) is 17.1 Å². The number of nitrogens with zero attached hydrogens (tertiary/aromatic N) is 1. The zero-order chi connectivity index (χ0) is 40.3. The Bertz CT molecular complexity index is 3350. The van der Waals surface area contributed by atoms with Crippen LogP contribution in [0.3, 0.4) is 0 Å². The Hall–Kier alpha value is -7.94. The summed E-state index contributed by atoms with van der Waals surface area (Å²) in [5.41, 5.74) is 16.6. The smallest absolute Gasteiger partial charge is 0.137 e. The lowest BCUT2D eigenvalue weighted by molar-refractivity contribution is 0.669. The first-order chi connectivity index (χ1) is 30.3. The van der Waals surface area contributed by atoms with E-state index in [0.29, 0.717) is 0 Å². The van der Waals surface area contributed by atoms with Gasteiger partial charge in [-0.15, -0.1) is 0 Å². The molecule has 0 bridgehead atoms. The lowest BCUT2D eigenvalue weighted by atomic mass is 9.67. The van der Waals surface area contributed by atoms with Crippen LogP contribution < -0.4 is 4.90 Å². The summed E-state index contributed by atoms with van der Waals surface area (Å²) in [4.78, 5) is 2.44. The molecule has 0 fully saturated rings. The molecule has 2 nitrogen and oxygen atoms in total. The molecular weight excluding hydrogens is 739 g/mol. The Balaban J connectivity index is 1.15. The van der Waals surface area contributed by atoms with Crippen molar-refractivity contribution in [1.29, 1.82) is 0 Å². The molecule has 0 radical (unpaired) electrons. The molecule has 0 N–H and O–H groups in total. The van der Waals surface area contributed by atoms with Gasteiger partial charge in [-0.2, -0.15) is 0 Å². The first kappa shape index (κ1) is 35.0. The summed E-state index contributed by atoms with van der Waals surface area (Å²) < 4.78 is 6.90. The maximum Gasteiger partial charge on any atom is 0.137 e. The van der Waals surface area contributed by atoms with Crippen LogP contribution in [0.2, 0.25) is 0 Å². The minimum absolute atomic E-state index is 0.536. The summed E-state index contributed by atoms with van der Waals surface area (Å²) in [5, 5.41) is 4.56. The first-order valence-electron chi connectivity index (χ1n) is 21.0. The van der Waals surface area contributed by atoms with E-state index in [0.717, 1.165) is 44.6 Å². The summed E-state index contributed by atoms with van der Waals surface area (Å²) in [7, 11) is 0. The molecule has 0 unspecified atom stereocenters. The molecule has 0 spiro atoms. The molecule has 61 heavy (non-hydrogen) atoms. The van der Waals surface area contributed by atoms with E-state index < -0.39 is 5.41 Å². The molecule has 0 saturated heterocycles. The first-order valence-corrected chi connectivity index (χ1v) is 21.0. The zero-order valence-corrected chi connectivity index (χ0v) is 33.4. The molecule has 1 aliphatic carbocycles. The van der Waals surface area contributed by atoms with Crippen molar-refractivity contribution >= 4 is 49.8 Å². The number of hydrogen-bond acceptors (Lipinski definition) is 2. The van der Waals surface area contributed by atoms with Gasteiger partial charge in [0.25, 0.3) is 0 Å². The van der Waals surface area contributed by atoms with Crippen LogP contribution >= 0.6 is 0 Å². The average Bonchev–Trinajstić information content (AvgIpc) is 3.87. The molecule has 286 valence electrons. The Morgan fingerprint density at radius 1 is 0.328 bits per heavy atom. The quantitative estimate of drug-likeness (QED) is 0.160. The number of rotatable bonds is 7. The van der Waals surface area contributed by atoms with Crippen LogP contribution in [0.5, 0.6) is 0 Å². The van der Waals surface area contributed by atoms with E-state index in [4.69, 9.17) is 4.42 Å². The van der Waals surface area contributed by atoms with Gasteiger partial charge in [0, 0.05) is 16.8 Å². The molecule has 11 aromatic rings. The van der Waals surface area contributed by atoms with Gasteiger partial charge in [-0.05, 0) is 109 Å². The minimum Gasteiger partial charge on any atom is -0.456 e. The van der Waals surface area contributed by atoms with E-state index in [-0.39, 0.29) is 0 Å². The van der Waals surface area contributed by atoms with E-state index in [1.54, 1.807) is 0 Å². The summed E-state index contributed by atoms with van der Waals surface area (Å²) in [6, 6.07) is 85.9. The standard InChI is InChI=1S/C59H39NO/c1-5-18-40(19-6-1)41-32-34-45(35-33-41)60(54-30-17-31-55-58(54)57-50-28-14-13-26-47(50)51(39-56(57)61-55)42-20-7-2-8-21-42)46-36-37-49-48-27-15-16-29-52(48)59(53(49)38-46,43-22-9-3-10-23-43)44-24-11-4-12-25-44/h1-39H. The number of furan rings is 1. The van der Waals surface area contributed by atoms with Crippen LogP contribution in [0.25, 0.3) is 66.1 Å². The maximum atomic E-state index is 6.90. The topological polar surface area (TPSA) is 16.4 Å². The molecular formula is C59H39NO. The SMILES string of the molecule is c1ccc(-c2ccc(N(c3ccc4c(c3)C(c3ccccc3)(c3ccccc3)c3ccccc3-4)c3cccc4oc5cc(-c6ccccc6)c6ccccc6c5c34)cc2)cc1. The fraction of sp³-hybridized carbons (Fsp3) is 0.0169. The van der Waals surface area contributed by atoms with E-state index in [1.165, 1.54) is 60.8 Å². The summed E-state index contributed by atoms with van der Waals surface area (Å²) >= 11 is 0. The predicted molar refractivity (Wildman–Crippen MR) is 254 cm³/mol. The van der Waals surface area contributed by atoms with Crippen molar-refractivity contribution in [2.75, 3.05) is 4.90 Å². The van der Waals surface area contributed by atoms with E-state index in [9.17, 15) is 0 Å². The molecule has 2 heteroatoms. The largest absolute Gasteiger partial charge is 0.456 e. The van der Waals surface area contributed by atoms with Gasteiger partial charge in [0.15, 0.2) is 0 Å². The number of benzene rings is 10. The fourth-order valence-corrected chi connectivity index (χ4v) is 10.1. The van der Waals surface area contributed by atoms with Gasteiger partial charge in [-0.3, -0.25) is 0 Å². The van der Waals surface area contributed by atoms with E-state index in [2.05, 4.69) is 241 Å². The van der Waals surface area contributed by atoms with Crippen molar-refractivity contribution in [2.45, 2.75) is 5.41 Å². The van der Waals surface area contributed by atoms with Crippen LogP contribution in [0.1, 0.15) is 22.3 Å². The molecule has 1 heterocycles. The monoisotopic (exact) mass is 777 g/mol.